The maximum atomic E-state index is 9.04. The summed E-state index contributed by atoms with van der Waals surface area (Å²) < 4.78 is 0. The van der Waals surface area contributed by atoms with Crippen molar-refractivity contribution in [3.05, 3.63) is 0 Å². The zero-order valence-corrected chi connectivity index (χ0v) is 8.84. The molecule has 1 aliphatic heterocycles. The third-order valence-electron chi connectivity index (χ3n) is 2.91. The molecule has 1 atom stereocenters. The molecule has 0 saturated carbocycles. The van der Waals surface area contributed by atoms with Gasteiger partial charge in [0.2, 0.25) is 0 Å². The number of rotatable bonds is 4. The van der Waals surface area contributed by atoms with Gasteiger partial charge in [0, 0.05) is 18.7 Å². The number of likely N-dealkylation sites (N-methyl/N-ethyl adjacent to an activating group) is 2. The van der Waals surface area contributed by atoms with Crippen LogP contribution in [0, 0.1) is 0 Å². The second-order valence-corrected chi connectivity index (χ2v) is 4.13. The minimum Gasteiger partial charge on any atom is -0.396 e. The fourth-order valence-electron chi connectivity index (χ4n) is 2.39. The number of hydrogen-bond acceptors (Lipinski definition) is 3. The number of nitrogens with one attached hydrogen (secondary N) is 1. The summed E-state index contributed by atoms with van der Waals surface area (Å²) in [5.74, 6) is 0. The first-order valence-corrected chi connectivity index (χ1v) is 5.27. The SMILES string of the molecule is CCNC1(CCO)CCCN(C)C1. The number of likely N-dealkylation sites (tertiary alicyclic amines) is 1. The average Bonchev–Trinajstić information content (AvgIpc) is 2.04. The van der Waals surface area contributed by atoms with Crippen LogP contribution >= 0.6 is 0 Å². The number of aliphatic hydroxyl groups is 1. The maximum Gasteiger partial charge on any atom is 0.0449 e. The molecule has 1 heterocycles. The van der Waals surface area contributed by atoms with E-state index in [-0.39, 0.29) is 5.54 Å². The van der Waals surface area contributed by atoms with Crippen molar-refractivity contribution in [2.75, 3.05) is 33.3 Å². The Labute approximate surface area is 81.1 Å². The monoisotopic (exact) mass is 186 g/mol. The molecule has 1 unspecified atom stereocenters. The summed E-state index contributed by atoms with van der Waals surface area (Å²) in [5.41, 5.74) is 0.177. The molecule has 1 fully saturated rings. The van der Waals surface area contributed by atoms with Crippen LogP contribution in [0.4, 0.5) is 0 Å². The normalized spacial score (nSPS) is 30.7. The number of nitrogens with zero attached hydrogens (tertiary/aromatic N) is 1. The third kappa shape index (κ3) is 2.93. The van der Waals surface area contributed by atoms with E-state index in [1.54, 1.807) is 0 Å². The predicted octanol–water partition coefficient (Wildman–Crippen LogP) is 0.443. The molecule has 0 spiro atoms. The minimum atomic E-state index is 0.177. The van der Waals surface area contributed by atoms with E-state index < -0.39 is 0 Å². The van der Waals surface area contributed by atoms with Crippen LogP contribution in [0.25, 0.3) is 0 Å². The van der Waals surface area contributed by atoms with Crippen molar-refractivity contribution in [1.29, 1.82) is 0 Å². The molecular weight excluding hydrogens is 164 g/mol. The average molecular weight is 186 g/mol. The van der Waals surface area contributed by atoms with E-state index in [9.17, 15) is 0 Å². The molecule has 0 aliphatic carbocycles. The Morgan fingerprint density at radius 1 is 1.54 bits per heavy atom. The van der Waals surface area contributed by atoms with Gasteiger partial charge >= 0.3 is 0 Å². The molecule has 2 N–H and O–H groups in total. The first-order chi connectivity index (χ1) is 6.22. The van der Waals surface area contributed by atoms with Crippen molar-refractivity contribution in [2.24, 2.45) is 0 Å². The molecule has 3 nitrogen and oxygen atoms in total. The molecule has 1 saturated heterocycles. The highest BCUT2D eigenvalue weighted by atomic mass is 16.3. The lowest BCUT2D eigenvalue weighted by Gasteiger charge is -2.42. The van der Waals surface area contributed by atoms with Crippen molar-refractivity contribution in [2.45, 2.75) is 31.7 Å². The largest absolute Gasteiger partial charge is 0.396 e. The molecule has 0 aromatic carbocycles. The number of aliphatic hydroxyl groups excluding tert-OH is 1. The fraction of sp³-hybridized carbons (Fsp3) is 1.00. The molecule has 1 rings (SSSR count). The lowest BCUT2D eigenvalue weighted by Crippen LogP contribution is -2.56. The summed E-state index contributed by atoms with van der Waals surface area (Å²) in [4.78, 5) is 2.35. The van der Waals surface area contributed by atoms with Crippen LogP contribution in [0.2, 0.25) is 0 Å². The van der Waals surface area contributed by atoms with Crippen molar-refractivity contribution < 1.29 is 5.11 Å². The van der Waals surface area contributed by atoms with Crippen molar-refractivity contribution in [3.8, 4) is 0 Å². The van der Waals surface area contributed by atoms with Gasteiger partial charge in [0.05, 0.1) is 0 Å². The van der Waals surface area contributed by atoms with E-state index in [1.165, 1.54) is 19.4 Å². The number of piperidine rings is 1. The molecule has 0 aromatic rings. The lowest BCUT2D eigenvalue weighted by molar-refractivity contribution is 0.114. The van der Waals surface area contributed by atoms with Crippen LogP contribution in [0.1, 0.15) is 26.2 Å². The molecule has 0 aromatic heterocycles. The summed E-state index contributed by atoms with van der Waals surface area (Å²) in [6, 6.07) is 0. The first kappa shape index (κ1) is 11.0. The van der Waals surface area contributed by atoms with E-state index in [0.717, 1.165) is 19.5 Å². The second-order valence-electron chi connectivity index (χ2n) is 4.13. The maximum absolute atomic E-state index is 9.04. The van der Waals surface area contributed by atoms with Gasteiger partial charge in [-0.05, 0) is 39.4 Å². The van der Waals surface area contributed by atoms with E-state index in [1.807, 2.05) is 0 Å². The Morgan fingerprint density at radius 3 is 2.85 bits per heavy atom. The van der Waals surface area contributed by atoms with Crippen LogP contribution in [0.15, 0.2) is 0 Å². The first-order valence-electron chi connectivity index (χ1n) is 5.27. The van der Waals surface area contributed by atoms with Gasteiger partial charge in [0.25, 0.3) is 0 Å². The Bertz CT molecular complexity index is 138. The highest BCUT2D eigenvalue weighted by Crippen LogP contribution is 2.23. The van der Waals surface area contributed by atoms with Crippen LogP contribution in [0.3, 0.4) is 0 Å². The molecule has 78 valence electrons. The van der Waals surface area contributed by atoms with Gasteiger partial charge in [-0.15, -0.1) is 0 Å². The Hall–Kier alpha value is -0.120. The van der Waals surface area contributed by atoms with E-state index >= 15 is 0 Å². The third-order valence-corrected chi connectivity index (χ3v) is 2.91. The summed E-state index contributed by atoms with van der Waals surface area (Å²) in [7, 11) is 2.16. The Balaban J connectivity index is 2.53. The van der Waals surface area contributed by atoms with Crippen LogP contribution in [-0.4, -0.2) is 48.8 Å². The highest BCUT2D eigenvalue weighted by molar-refractivity contribution is 4.93. The van der Waals surface area contributed by atoms with Gasteiger partial charge in [-0.2, -0.15) is 0 Å². The predicted molar refractivity (Wildman–Crippen MR) is 54.8 cm³/mol. The van der Waals surface area contributed by atoms with Crippen LogP contribution in [-0.2, 0) is 0 Å². The minimum absolute atomic E-state index is 0.177. The quantitative estimate of drug-likeness (QED) is 0.669. The summed E-state index contributed by atoms with van der Waals surface area (Å²) in [6.45, 7) is 5.68. The van der Waals surface area contributed by atoms with Crippen molar-refractivity contribution in [1.82, 2.24) is 10.2 Å². The summed E-state index contributed by atoms with van der Waals surface area (Å²) in [5, 5.41) is 12.6. The number of hydrogen-bond donors (Lipinski definition) is 2. The van der Waals surface area contributed by atoms with Crippen molar-refractivity contribution in [3.63, 3.8) is 0 Å². The van der Waals surface area contributed by atoms with Crippen molar-refractivity contribution >= 4 is 0 Å². The summed E-state index contributed by atoms with van der Waals surface area (Å²) >= 11 is 0. The second kappa shape index (κ2) is 4.94. The molecule has 0 amide bonds. The molecule has 3 heteroatoms. The van der Waals surface area contributed by atoms with Gasteiger partial charge in [0.1, 0.15) is 0 Å². The van der Waals surface area contributed by atoms with E-state index in [4.69, 9.17) is 5.11 Å². The zero-order chi connectivity index (χ0) is 9.73. The summed E-state index contributed by atoms with van der Waals surface area (Å²) in [6.07, 6.45) is 3.32. The van der Waals surface area contributed by atoms with Gasteiger partial charge in [-0.1, -0.05) is 6.92 Å². The van der Waals surface area contributed by atoms with Gasteiger partial charge < -0.3 is 15.3 Å². The van der Waals surface area contributed by atoms with Gasteiger partial charge in [-0.3, -0.25) is 0 Å². The topological polar surface area (TPSA) is 35.5 Å². The van der Waals surface area contributed by atoms with E-state index in [2.05, 4.69) is 24.2 Å². The van der Waals surface area contributed by atoms with Gasteiger partial charge in [0.15, 0.2) is 0 Å². The highest BCUT2D eigenvalue weighted by Gasteiger charge is 2.32. The zero-order valence-electron chi connectivity index (χ0n) is 8.84. The smallest absolute Gasteiger partial charge is 0.0449 e. The van der Waals surface area contributed by atoms with Gasteiger partial charge in [-0.25, -0.2) is 0 Å². The Kier molecular flexibility index (Phi) is 4.16. The molecule has 13 heavy (non-hydrogen) atoms. The van der Waals surface area contributed by atoms with Crippen LogP contribution in [0.5, 0.6) is 0 Å². The fourth-order valence-corrected chi connectivity index (χ4v) is 2.39. The van der Waals surface area contributed by atoms with Crippen LogP contribution < -0.4 is 5.32 Å². The Morgan fingerprint density at radius 2 is 2.31 bits per heavy atom. The van der Waals surface area contributed by atoms with E-state index in [0.29, 0.717) is 6.61 Å². The molecule has 0 radical (unpaired) electrons. The molecular formula is C10H22N2O. The molecule has 1 aliphatic rings. The molecule has 0 bridgehead atoms. The standard InChI is InChI=1S/C10H22N2O/c1-3-11-10(6-8-13)5-4-7-12(2)9-10/h11,13H,3-9H2,1-2H3. The lowest BCUT2D eigenvalue weighted by atomic mass is 9.86.